The third kappa shape index (κ3) is 4.59. The van der Waals surface area contributed by atoms with Crippen LogP contribution in [0, 0.1) is 0 Å². The molecule has 0 spiro atoms. The zero-order valence-electron chi connectivity index (χ0n) is 16.1. The topological polar surface area (TPSA) is 67.3 Å². The molecule has 3 aromatic rings. The molecule has 7 heteroatoms. The van der Waals surface area contributed by atoms with Gasteiger partial charge in [0.15, 0.2) is 5.13 Å². The van der Waals surface area contributed by atoms with Crippen LogP contribution < -0.4 is 10.1 Å². The summed E-state index contributed by atoms with van der Waals surface area (Å²) in [5.74, 6) is 0.749. The molecule has 0 saturated carbocycles. The number of nitrogens with one attached hydrogen (secondary N) is 1. The molecule has 3 rings (SSSR count). The van der Waals surface area contributed by atoms with Gasteiger partial charge in [0.2, 0.25) is 0 Å². The number of nitrogens with zero attached hydrogens (tertiary/aromatic N) is 2. The minimum absolute atomic E-state index is 0.0585. The van der Waals surface area contributed by atoms with Gasteiger partial charge in [-0.25, -0.2) is 9.97 Å². The summed E-state index contributed by atoms with van der Waals surface area (Å²) in [5.41, 5.74) is 2.73. The van der Waals surface area contributed by atoms with Crippen molar-refractivity contribution < 1.29 is 9.84 Å². The smallest absolute Gasteiger partial charge is 0.183 e. The third-order valence-corrected chi connectivity index (χ3v) is 5.39. The van der Waals surface area contributed by atoms with E-state index < -0.39 is 0 Å². The van der Waals surface area contributed by atoms with E-state index in [9.17, 15) is 5.11 Å². The van der Waals surface area contributed by atoms with Crippen LogP contribution in [-0.4, -0.2) is 26.7 Å². The largest absolute Gasteiger partial charge is 0.487 e. The first-order valence-corrected chi connectivity index (χ1v) is 10.5. The number of benzene rings is 1. The van der Waals surface area contributed by atoms with Crippen molar-refractivity contribution in [2.75, 3.05) is 5.32 Å². The monoisotopic (exact) mass is 449 g/mol. The van der Waals surface area contributed by atoms with Gasteiger partial charge in [-0.15, -0.1) is 11.3 Å². The lowest BCUT2D eigenvalue weighted by molar-refractivity contribution is 0.133. The number of aromatic nitrogens is 2. The van der Waals surface area contributed by atoms with Crippen molar-refractivity contribution in [3.8, 4) is 17.1 Å². The van der Waals surface area contributed by atoms with Crippen LogP contribution in [0.4, 0.5) is 5.13 Å². The van der Waals surface area contributed by atoms with Crippen LogP contribution in [0.3, 0.4) is 0 Å². The van der Waals surface area contributed by atoms with E-state index in [1.165, 1.54) is 0 Å². The van der Waals surface area contributed by atoms with Gasteiger partial charge in [-0.1, -0.05) is 6.07 Å². The molecule has 1 aromatic carbocycles. The average molecular weight is 450 g/mol. The molecule has 2 heterocycles. The maximum Gasteiger partial charge on any atom is 0.183 e. The van der Waals surface area contributed by atoms with Crippen LogP contribution in [0.15, 0.2) is 28.1 Å². The van der Waals surface area contributed by atoms with E-state index in [-0.39, 0.29) is 12.2 Å². The van der Waals surface area contributed by atoms with Crippen LogP contribution in [-0.2, 0) is 6.61 Å². The van der Waals surface area contributed by atoms with E-state index in [0.717, 1.165) is 43.2 Å². The number of aliphatic hydroxyl groups excluding tert-OH is 1. The average Bonchev–Trinajstić information content (AvgIpc) is 3.02. The van der Waals surface area contributed by atoms with E-state index in [4.69, 9.17) is 9.72 Å². The fraction of sp³-hybridized carbons (Fsp3) is 0.400. The lowest BCUT2D eigenvalue weighted by Crippen LogP contribution is -2.23. The highest BCUT2D eigenvalue weighted by atomic mass is 79.9. The van der Waals surface area contributed by atoms with E-state index >= 15 is 0 Å². The summed E-state index contributed by atoms with van der Waals surface area (Å²) < 4.78 is 6.99. The third-order valence-electron chi connectivity index (χ3n) is 3.73. The lowest BCUT2D eigenvalue weighted by atomic mass is 10.1. The van der Waals surface area contributed by atoms with Gasteiger partial charge in [0.25, 0.3) is 0 Å². The Morgan fingerprint density at radius 1 is 1.22 bits per heavy atom. The Morgan fingerprint density at radius 3 is 2.59 bits per heavy atom. The van der Waals surface area contributed by atoms with Gasteiger partial charge in [0.1, 0.15) is 17.0 Å². The van der Waals surface area contributed by atoms with Crippen LogP contribution >= 0.6 is 27.3 Å². The summed E-state index contributed by atoms with van der Waals surface area (Å²) in [6.45, 7) is 10.2. The summed E-state index contributed by atoms with van der Waals surface area (Å²) in [6.07, 6.45) is 0. The maximum absolute atomic E-state index is 9.60. The summed E-state index contributed by atoms with van der Waals surface area (Å²) >= 11 is 5.15. The molecule has 0 bridgehead atoms. The predicted molar refractivity (Wildman–Crippen MR) is 116 cm³/mol. The van der Waals surface area contributed by atoms with E-state index in [2.05, 4.69) is 40.1 Å². The lowest BCUT2D eigenvalue weighted by Gasteiger charge is -2.23. The SMILES string of the molecule is CC(C)Nc1nc(-c2cc(OC(C)(C)C)c3ccc(CO)c(Br)c3n2)cs1. The summed E-state index contributed by atoms with van der Waals surface area (Å²) in [7, 11) is 0. The highest BCUT2D eigenvalue weighted by Gasteiger charge is 2.19. The predicted octanol–water partition coefficient (Wildman–Crippen LogP) is 5.61. The van der Waals surface area contributed by atoms with Crippen molar-refractivity contribution >= 4 is 43.3 Å². The summed E-state index contributed by atoms with van der Waals surface area (Å²) in [5, 5.41) is 16.7. The van der Waals surface area contributed by atoms with Gasteiger partial charge >= 0.3 is 0 Å². The van der Waals surface area contributed by atoms with Crippen molar-refractivity contribution in [2.45, 2.75) is 52.9 Å². The molecule has 0 atom stereocenters. The Balaban J connectivity index is 2.17. The minimum atomic E-state index is -0.347. The molecule has 144 valence electrons. The fourth-order valence-electron chi connectivity index (χ4n) is 2.64. The Bertz CT molecular complexity index is 964. The number of anilines is 1. The number of thiazole rings is 1. The molecule has 0 fully saturated rings. The normalized spacial score (nSPS) is 12.0. The molecule has 0 unspecified atom stereocenters. The summed E-state index contributed by atoms with van der Waals surface area (Å²) in [6, 6.07) is 6.08. The Morgan fingerprint density at radius 2 is 1.96 bits per heavy atom. The molecule has 2 N–H and O–H groups in total. The van der Waals surface area contributed by atoms with Crippen molar-refractivity contribution in [1.82, 2.24) is 9.97 Å². The van der Waals surface area contributed by atoms with Gasteiger partial charge in [-0.2, -0.15) is 0 Å². The zero-order valence-corrected chi connectivity index (χ0v) is 18.5. The molecular formula is C20H24BrN3O2S. The van der Waals surface area contributed by atoms with E-state index in [1.54, 1.807) is 11.3 Å². The van der Waals surface area contributed by atoms with E-state index in [0.29, 0.717) is 6.04 Å². The summed E-state index contributed by atoms with van der Waals surface area (Å²) in [4.78, 5) is 9.48. The molecule has 0 aliphatic carbocycles. The second-order valence-corrected chi connectivity index (χ2v) is 9.30. The van der Waals surface area contributed by atoms with Gasteiger partial charge in [0.05, 0.1) is 17.8 Å². The van der Waals surface area contributed by atoms with Crippen LogP contribution in [0.1, 0.15) is 40.2 Å². The number of pyridine rings is 1. The number of hydrogen-bond acceptors (Lipinski definition) is 6. The van der Waals surface area contributed by atoms with Crippen LogP contribution in [0.5, 0.6) is 5.75 Å². The van der Waals surface area contributed by atoms with Gasteiger partial charge in [-0.3, -0.25) is 0 Å². The van der Waals surface area contributed by atoms with Gasteiger partial charge < -0.3 is 15.2 Å². The number of hydrogen-bond donors (Lipinski definition) is 2. The standard InChI is InChI=1S/C20H24BrN3O2S/c1-11(2)22-19-24-15(10-27-19)14-8-16(26-20(3,4)5)13-7-6-12(9-25)17(21)18(13)23-14/h6-8,10-11,25H,9H2,1-5H3,(H,22,24). The molecule has 27 heavy (non-hydrogen) atoms. The molecule has 0 aliphatic rings. The van der Waals surface area contributed by atoms with Crippen molar-refractivity contribution in [1.29, 1.82) is 0 Å². The Labute approximate surface area is 171 Å². The Hall–Kier alpha value is -1.70. The second-order valence-electron chi connectivity index (χ2n) is 7.65. The zero-order chi connectivity index (χ0) is 19.8. The van der Waals surface area contributed by atoms with Crippen molar-refractivity contribution in [3.63, 3.8) is 0 Å². The molecular weight excluding hydrogens is 426 g/mol. The maximum atomic E-state index is 9.60. The number of fused-ring (bicyclic) bond motifs is 1. The quantitative estimate of drug-likeness (QED) is 0.529. The first-order chi connectivity index (χ1) is 12.7. The van der Waals surface area contributed by atoms with E-state index in [1.807, 2.05) is 44.4 Å². The first-order valence-electron chi connectivity index (χ1n) is 8.82. The van der Waals surface area contributed by atoms with Gasteiger partial charge in [0, 0.05) is 27.3 Å². The second kappa shape index (κ2) is 7.73. The van der Waals surface area contributed by atoms with Crippen molar-refractivity contribution in [2.24, 2.45) is 0 Å². The molecule has 0 aliphatic heterocycles. The number of halogens is 1. The molecule has 5 nitrogen and oxygen atoms in total. The van der Waals surface area contributed by atoms with Crippen LogP contribution in [0.2, 0.25) is 0 Å². The highest BCUT2D eigenvalue weighted by Crippen LogP contribution is 2.37. The Kier molecular flexibility index (Phi) is 5.74. The number of ether oxygens (including phenoxy) is 1. The molecule has 2 aromatic heterocycles. The van der Waals surface area contributed by atoms with Crippen LogP contribution in [0.25, 0.3) is 22.3 Å². The molecule has 0 saturated heterocycles. The highest BCUT2D eigenvalue weighted by molar-refractivity contribution is 9.10. The fourth-order valence-corrected chi connectivity index (χ4v) is 4.05. The number of rotatable bonds is 5. The molecule has 0 amide bonds. The number of aliphatic hydroxyl groups is 1. The van der Waals surface area contributed by atoms with Gasteiger partial charge in [-0.05, 0) is 62.2 Å². The van der Waals surface area contributed by atoms with Crippen molar-refractivity contribution in [3.05, 3.63) is 33.6 Å². The molecule has 0 radical (unpaired) electrons. The first kappa shape index (κ1) is 20.0. The minimum Gasteiger partial charge on any atom is -0.487 e.